The quantitative estimate of drug-likeness (QED) is 0.927. The van der Waals surface area contributed by atoms with E-state index in [4.69, 9.17) is 4.74 Å². The topological polar surface area (TPSA) is 74.8 Å². The van der Waals surface area contributed by atoms with Crippen LogP contribution in [0.2, 0.25) is 0 Å². The van der Waals surface area contributed by atoms with E-state index in [-0.39, 0.29) is 6.03 Å². The van der Waals surface area contributed by atoms with Crippen LogP contribution in [-0.2, 0) is 4.74 Å². The van der Waals surface area contributed by atoms with Gasteiger partial charge in [0.1, 0.15) is 11.4 Å². The van der Waals surface area contributed by atoms with E-state index in [9.17, 15) is 9.59 Å². The molecule has 7 nitrogen and oxygen atoms in total. The van der Waals surface area contributed by atoms with Gasteiger partial charge in [-0.25, -0.2) is 14.6 Å². The summed E-state index contributed by atoms with van der Waals surface area (Å²) in [6.07, 6.45) is 1.19. The first-order valence-electron chi connectivity index (χ1n) is 7.06. The van der Waals surface area contributed by atoms with E-state index in [0.717, 1.165) is 0 Å². The molecule has 0 aliphatic carbocycles. The maximum absolute atomic E-state index is 12.0. The highest BCUT2D eigenvalue weighted by Crippen LogP contribution is 2.09. The minimum absolute atomic E-state index is 0.281. The van der Waals surface area contributed by atoms with Gasteiger partial charge in [-0.3, -0.25) is 5.32 Å². The number of nitrogens with zero attached hydrogens (tertiary/aromatic N) is 3. The molecule has 1 aromatic heterocycles. The average molecular weight is 308 g/mol. The fraction of sp³-hybridized carbons (Fsp3) is 0.533. The van der Waals surface area contributed by atoms with E-state index in [2.05, 4.69) is 10.3 Å². The average Bonchev–Trinajstić information content (AvgIpc) is 2.43. The minimum Gasteiger partial charge on any atom is -0.444 e. The number of rotatable bonds is 4. The third kappa shape index (κ3) is 6.43. The first kappa shape index (κ1) is 17.7. The van der Waals surface area contributed by atoms with Gasteiger partial charge in [0.15, 0.2) is 0 Å². The number of aromatic nitrogens is 1. The predicted octanol–water partition coefficient (Wildman–Crippen LogP) is 2.41. The maximum Gasteiger partial charge on any atom is 0.410 e. The standard InChI is InChI=1S/C15H24N4O3/c1-15(2,3)22-14(21)19(5)11-10-18(4)13(20)17-12-8-6-7-9-16-12/h6-9H,10-11H2,1-5H3,(H,16,17,20). The molecule has 0 aliphatic rings. The molecule has 122 valence electrons. The van der Waals surface area contributed by atoms with Gasteiger partial charge in [-0.15, -0.1) is 0 Å². The zero-order valence-electron chi connectivity index (χ0n) is 13.8. The molecule has 1 aromatic rings. The van der Waals surface area contributed by atoms with Crippen LogP contribution in [-0.4, -0.2) is 59.7 Å². The molecule has 0 saturated carbocycles. The van der Waals surface area contributed by atoms with Gasteiger partial charge in [0.25, 0.3) is 0 Å². The van der Waals surface area contributed by atoms with Crippen LogP contribution in [0.4, 0.5) is 15.4 Å². The smallest absolute Gasteiger partial charge is 0.410 e. The lowest BCUT2D eigenvalue weighted by Gasteiger charge is -2.26. The SMILES string of the molecule is CN(CCN(C)C(=O)OC(C)(C)C)C(=O)Nc1ccccn1. The largest absolute Gasteiger partial charge is 0.444 e. The summed E-state index contributed by atoms with van der Waals surface area (Å²) in [5.74, 6) is 0.486. The van der Waals surface area contributed by atoms with E-state index >= 15 is 0 Å². The third-order valence-corrected chi connectivity index (χ3v) is 2.72. The number of pyridine rings is 1. The van der Waals surface area contributed by atoms with Gasteiger partial charge in [0.2, 0.25) is 0 Å². The van der Waals surface area contributed by atoms with Gasteiger partial charge in [-0.05, 0) is 32.9 Å². The second-order valence-corrected chi connectivity index (χ2v) is 5.97. The Morgan fingerprint density at radius 2 is 1.82 bits per heavy atom. The van der Waals surface area contributed by atoms with E-state index < -0.39 is 11.7 Å². The Balaban J connectivity index is 2.40. The molecule has 0 unspecified atom stereocenters. The van der Waals surface area contributed by atoms with Gasteiger partial charge in [0, 0.05) is 33.4 Å². The van der Waals surface area contributed by atoms with Crippen molar-refractivity contribution >= 4 is 17.9 Å². The first-order chi connectivity index (χ1) is 10.2. The van der Waals surface area contributed by atoms with Crippen LogP contribution in [0.1, 0.15) is 20.8 Å². The Hall–Kier alpha value is -2.31. The zero-order valence-corrected chi connectivity index (χ0v) is 13.8. The molecule has 1 rings (SSSR count). The Morgan fingerprint density at radius 3 is 2.36 bits per heavy atom. The highest BCUT2D eigenvalue weighted by atomic mass is 16.6. The molecule has 0 spiro atoms. The Morgan fingerprint density at radius 1 is 1.18 bits per heavy atom. The van der Waals surface area contributed by atoms with Crippen molar-refractivity contribution in [2.75, 3.05) is 32.5 Å². The van der Waals surface area contributed by atoms with Crippen LogP contribution < -0.4 is 5.32 Å². The summed E-state index contributed by atoms with van der Waals surface area (Å²) >= 11 is 0. The van der Waals surface area contributed by atoms with E-state index in [0.29, 0.717) is 18.9 Å². The number of hydrogen-bond donors (Lipinski definition) is 1. The number of hydrogen-bond acceptors (Lipinski definition) is 4. The number of carbonyl (C=O) groups excluding carboxylic acids is 2. The zero-order chi connectivity index (χ0) is 16.8. The third-order valence-electron chi connectivity index (χ3n) is 2.72. The van der Waals surface area contributed by atoms with Gasteiger partial charge in [-0.2, -0.15) is 0 Å². The number of anilines is 1. The predicted molar refractivity (Wildman–Crippen MR) is 84.7 cm³/mol. The van der Waals surface area contributed by atoms with Gasteiger partial charge in [0.05, 0.1) is 0 Å². The number of urea groups is 1. The van der Waals surface area contributed by atoms with Crippen molar-refractivity contribution in [2.45, 2.75) is 26.4 Å². The molecule has 0 atom stereocenters. The molecule has 0 aliphatic heterocycles. The summed E-state index contributed by atoms with van der Waals surface area (Å²) in [5.41, 5.74) is -0.534. The van der Waals surface area contributed by atoms with Gasteiger partial charge in [-0.1, -0.05) is 6.07 Å². The molecule has 0 bridgehead atoms. The Kier molecular flexibility index (Phi) is 6.15. The van der Waals surface area contributed by atoms with Crippen LogP contribution >= 0.6 is 0 Å². The number of carbonyl (C=O) groups is 2. The van der Waals surface area contributed by atoms with E-state index in [1.165, 1.54) is 9.80 Å². The Labute approximate surface area is 131 Å². The maximum atomic E-state index is 12.0. The molecular weight excluding hydrogens is 284 g/mol. The van der Waals surface area contributed by atoms with E-state index in [1.54, 1.807) is 38.5 Å². The van der Waals surface area contributed by atoms with Crippen LogP contribution in [0, 0.1) is 0 Å². The Bertz CT molecular complexity index is 499. The summed E-state index contributed by atoms with van der Waals surface area (Å²) in [4.78, 5) is 30.7. The van der Waals surface area contributed by atoms with Crippen LogP contribution in [0.5, 0.6) is 0 Å². The molecule has 0 radical (unpaired) electrons. The monoisotopic (exact) mass is 308 g/mol. The fourth-order valence-electron chi connectivity index (χ4n) is 1.47. The molecule has 22 heavy (non-hydrogen) atoms. The number of nitrogens with one attached hydrogen (secondary N) is 1. The first-order valence-corrected chi connectivity index (χ1v) is 7.06. The normalized spacial score (nSPS) is 10.8. The lowest BCUT2D eigenvalue weighted by Crippen LogP contribution is -2.41. The van der Waals surface area contributed by atoms with Crippen molar-refractivity contribution < 1.29 is 14.3 Å². The van der Waals surface area contributed by atoms with Crippen LogP contribution in [0.15, 0.2) is 24.4 Å². The van der Waals surface area contributed by atoms with Crippen LogP contribution in [0.25, 0.3) is 0 Å². The summed E-state index contributed by atoms with van der Waals surface area (Å²) in [6, 6.07) is 4.99. The summed E-state index contributed by atoms with van der Waals surface area (Å²) < 4.78 is 5.25. The molecule has 1 N–H and O–H groups in total. The summed E-state index contributed by atoms with van der Waals surface area (Å²) in [5, 5.41) is 2.67. The molecule has 7 heteroatoms. The lowest BCUT2D eigenvalue weighted by atomic mass is 10.2. The highest BCUT2D eigenvalue weighted by molar-refractivity contribution is 5.88. The van der Waals surface area contributed by atoms with Crippen molar-refractivity contribution in [2.24, 2.45) is 0 Å². The minimum atomic E-state index is -0.534. The van der Waals surface area contributed by atoms with Crippen molar-refractivity contribution in [1.29, 1.82) is 0 Å². The van der Waals surface area contributed by atoms with Crippen molar-refractivity contribution in [3.05, 3.63) is 24.4 Å². The van der Waals surface area contributed by atoms with Crippen molar-refractivity contribution in [1.82, 2.24) is 14.8 Å². The second-order valence-electron chi connectivity index (χ2n) is 5.97. The van der Waals surface area contributed by atoms with E-state index in [1.807, 2.05) is 20.8 Å². The molecule has 0 aromatic carbocycles. The number of likely N-dealkylation sites (N-methyl/N-ethyl adjacent to an activating group) is 2. The second kappa shape index (κ2) is 7.63. The fourth-order valence-corrected chi connectivity index (χ4v) is 1.47. The molecule has 0 saturated heterocycles. The van der Waals surface area contributed by atoms with Gasteiger partial charge < -0.3 is 14.5 Å². The van der Waals surface area contributed by atoms with Crippen molar-refractivity contribution in [3.63, 3.8) is 0 Å². The highest BCUT2D eigenvalue weighted by Gasteiger charge is 2.20. The molecule has 1 heterocycles. The lowest BCUT2D eigenvalue weighted by molar-refractivity contribution is 0.0291. The van der Waals surface area contributed by atoms with Gasteiger partial charge >= 0.3 is 12.1 Å². The molecule has 0 fully saturated rings. The number of ether oxygens (including phenoxy) is 1. The van der Waals surface area contributed by atoms with Crippen LogP contribution in [0.3, 0.4) is 0 Å². The summed E-state index contributed by atoms with van der Waals surface area (Å²) in [7, 11) is 3.29. The van der Waals surface area contributed by atoms with Crippen molar-refractivity contribution in [3.8, 4) is 0 Å². The molecular formula is C15H24N4O3. The summed E-state index contributed by atoms with van der Waals surface area (Å²) in [6.45, 7) is 6.19. The number of amides is 3. The molecule has 3 amide bonds.